The lowest BCUT2D eigenvalue weighted by Gasteiger charge is -2.31. The topological polar surface area (TPSA) is 0 Å². The van der Waals surface area contributed by atoms with E-state index in [2.05, 4.69) is 77.0 Å². The Morgan fingerprint density at radius 3 is 2.28 bits per heavy atom. The van der Waals surface area contributed by atoms with E-state index in [1.165, 1.54) is 16.3 Å². The maximum Gasteiger partial charge on any atom is 0.185 e. The van der Waals surface area contributed by atoms with Gasteiger partial charge in [0, 0.05) is 0 Å². The third-order valence-electron chi connectivity index (χ3n) is 4.05. The second-order valence-corrected chi connectivity index (χ2v) is 12.5. The molecule has 0 bridgehead atoms. The summed E-state index contributed by atoms with van der Waals surface area (Å²) in [5.74, 6) is 0. The molecular formula is C16H24Si2. The van der Waals surface area contributed by atoms with Crippen molar-refractivity contribution in [1.82, 2.24) is 0 Å². The van der Waals surface area contributed by atoms with Gasteiger partial charge in [0.15, 0.2) is 9.52 Å². The fourth-order valence-corrected chi connectivity index (χ4v) is 3.90. The summed E-state index contributed by atoms with van der Waals surface area (Å²) in [7, 11) is -0.818. The molecule has 96 valence electrons. The van der Waals surface area contributed by atoms with E-state index in [1.54, 1.807) is 0 Å². The summed E-state index contributed by atoms with van der Waals surface area (Å²) in [5.41, 5.74) is 9.82. The van der Waals surface area contributed by atoms with E-state index in [9.17, 15) is 0 Å². The van der Waals surface area contributed by atoms with Crippen LogP contribution < -0.4 is 5.19 Å². The third-order valence-corrected chi connectivity index (χ3v) is 9.86. The zero-order valence-corrected chi connectivity index (χ0v) is 14.7. The minimum atomic E-state index is -1.44. The van der Waals surface area contributed by atoms with Gasteiger partial charge in [-0.15, -0.1) is 11.1 Å². The lowest BCUT2D eigenvalue weighted by atomic mass is 10.1. The number of hydrogen-bond donors (Lipinski definition) is 0. The van der Waals surface area contributed by atoms with Gasteiger partial charge in [0.05, 0.1) is 0 Å². The molecule has 0 atom stereocenters. The Hall–Kier alpha value is -0.786. The van der Waals surface area contributed by atoms with Gasteiger partial charge in [-0.1, -0.05) is 52.1 Å². The molecule has 0 spiro atoms. The fraction of sp³-hybridized carbons (Fsp3) is 0.500. The van der Waals surface area contributed by atoms with Crippen LogP contribution in [-0.4, -0.2) is 17.6 Å². The Bertz CT molecular complexity index is 482. The smallest absolute Gasteiger partial charge is 0.138 e. The van der Waals surface area contributed by atoms with Gasteiger partial charge in [0.25, 0.3) is 0 Å². The van der Waals surface area contributed by atoms with E-state index in [-0.39, 0.29) is 0 Å². The van der Waals surface area contributed by atoms with E-state index in [0.717, 1.165) is 0 Å². The molecule has 1 rings (SSSR count). The van der Waals surface area contributed by atoms with Gasteiger partial charge < -0.3 is 0 Å². The zero-order valence-electron chi connectivity index (χ0n) is 12.7. The van der Waals surface area contributed by atoms with Crippen molar-refractivity contribution in [2.45, 2.75) is 52.8 Å². The van der Waals surface area contributed by atoms with Crippen LogP contribution in [0.5, 0.6) is 0 Å². The normalized spacial score (nSPS) is 11.9. The SMILES string of the molecule is Cc1cccc([Si]C#C[Si](C)(C)C(C)(C)C)c1C. The highest BCUT2D eigenvalue weighted by molar-refractivity contribution is 6.88. The molecule has 0 saturated carbocycles. The molecule has 0 aromatic heterocycles. The number of hydrogen-bond acceptors (Lipinski definition) is 0. The summed E-state index contributed by atoms with van der Waals surface area (Å²) in [6.45, 7) is 16.1. The maximum atomic E-state index is 3.60. The predicted molar refractivity (Wildman–Crippen MR) is 86.3 cm³/mol. The van der Waals surface area contributed by atoms with Crippen LogP contribution in [0, 0.1) is 24.9 Å². The van der Waals surface area contributed by atoms with Gasteiger partial charge in [0.2, 0.25) is 0 Å². The van der Waals surface area contributed by atoms with E-state index >= 15 is 0 Å². The van der Waals surface area contributed by atoms with Crippen LogP contribution >= 0.6 is 0 Å². The van der Waals surface area contributed by atoms with Crippen LogP contribution in [0.15, 0.2) is 18.2 Å². The average molecular weight is 273 g/mol. The Kier molecular flexibility index (Phi) is 4.63. The van der Waals surface area contributed by atoms with Gasteiger partial charge in [-0.25, -0.2) is 0 Å². The second kappa shape index (κ2) is 5.46. The van der Waals surface area contributed by atoms with Crippen molar-refractivity contribution in [3.63, 3.8) is 0 Å². The van der Waals surface area contributed by atoms with E-state index in [1.807, 2.05) is 0 Å². The predicted octanol–water partition coefficient (Wildman–Crippen LogP) is 3.64. The van der Waals surface area contributed by atoms with Gasteiger partial charge in [-0.2, -0.15) is 0 Å². The van der Waals surface area contributed by atoms with Crippen LogP contribution in [0.1, 0.15) is 31.9 Å². The van der Waals surface area contributed by atoms with Crippen molar-refractivity contribution < 1.29 is 0 Å². The van der Waals surface area contributed by atoms with Crippen molar-refractivity contribution in [2.24, 2.45) is 0 Å². The summed E-state index contributed by atoms with van der Waals surface area (Å²) in [6.07, 6.45) is 0. The lowest BCUT2D eigenvalue weighted by Crippen LogP contribution is -2.36. The molecule has 2 heteroatoms. The standard InChI is InChI=1S/C16H24Si2/c1-13-9-8-10-15(14(13)2)17-11-12-18(6,7)16(3,4)5/h8-10H,1-7H3. The van der Waals surface area contributed by atoms with Crippen LogP contribution in [-0.2, 0) is 0 Å². The van der Waals surface area contributed by atoms with E-state index < -0.39 is 8.07 Å². The highest BCUT2D eigenvalue weighted by Crippen LogP contribution is 2.34. The second-order valence-electron chi connectivity index (χ2n) is 6.50. The average Bonchev–Trinajstić information content (AvgIpc) is 2.22. The van der Waals surface area contributed by atoms with E-state index in [0.29, 0.717) is 14.6 Å². The Morgan fingerprint density at radius 2 is 1.72 bits per heavy atom. The Morgan fingerprint density at radius 1 is 1.11 bits per heavy atom. The highest BCUT2D eigenvalue weighted by Gasteiger charge is 2.33. The Balaban J connectivity index is 2.87. The van der Waals surface area contributed by atoms with Crippen molar-refractivity contribution in [3.8, 4) is 11.1 Å². The summed E-state index contributed by atoms with van der Waals surface area (Å²) in [4.78, 5) is 0. The maximum absolute atomic E-state index is 3.60. The van der Waals surface area contributed by atoms with Crippen molar-refractivity contribution >= 4 is 22.8 Å². The molecule has 0 fully saturated rings. The first-order chi connectivity index (χ1) is 8.15. The third kappa shape index (κ3) is 3.60. The number of benzene rings is 1. The summed E-state index contributed by atoms with van der Waals surface area (Å²) in [6, 6.07) is 6.52. The van der Waals surface area contributed by atoms with Crippen LogP contribution in [0.25, 0.3) is 0 Å². The van der Waals surface area contributed by atoms with Crippen LogP contribution in [0.2, 0.25) is 18.1 Å². The monoisotopic (exact) mass is 272 g/mol. The molecule has 18 heavy (non-hydrogen) atoms. The first kappa shape index (κ1) is 15.3. The molecule has 0 heterocycles. The molecule has 0 saturated heterocycles. The van der Waals surface area contributed by atoms with Gasteiger partial charge in [-0.3, -0.25) is 0 Å². The molecule has 0 nitrogen and oxygen atoms in total. The molecule has 0 aliphatic rings. The summed E-state index contributed by atoms with van der Waals surface area (Å²) >= 11 is 0. The van der Waals surface area contributed by atoms with Crippen molar-refractivity contribution in [3.05, 3.63) is 29.3 Å². The molecule has 0 aliphatic heterocycles. The molecule has 1 aromatic carbocycles. The van der Waals surface area contributed by atoms with Crippen LogP contribution in [0.4, 0.5) is 0 Å². The van der Waals surface area contributed by atoms with Gasteiger partial charge in [0.1, 0.15) is 8.07 Å². The zero-order chi connectivity index (χ0) is 14.0. The lowest BCUT2D eigenvalue weighted by molar-refractivity contribution is 0.731. The fourth-order valence-electron chi connectivity index (χ4n) is 1.33. The number of aryl methyl sites for hydroxylation is 1. The molecule has 0 unspecified atom stereocenters. The van der Waals surface area contributed by atoms with E-state index in [4.69, 9.17) is 0 Å². The molecule has 0 N–H and O–H groups in total. The minimum Gasteiger partial charge on any atom is -0.138 e. The molecular weight excluding hydrogens is 248 g/mol. The van der Waals surface area contributed by atoms with Crippen molar-refractivity contribution in [1.29, 1.82) is 0 Å². The highest BCUT2D eigenvalue weighted by atomic mass is 28.3. The van der Waals surface area contributed by atoms with Gasteiger partial charge >= 0.3 is 0 Å². The van der Waals surface area contributed by atoms with Crippen LogP contribution in [0.3, 0.4) is 0 Å². The molecule has 2 radical (unpaired) electrons. The van der Waals surface area contributed by atoms with Gasteiger partial charge in [-0.05, 0) is 35.2 Å². The summed E-state index contributed by atoms with van der Waals surface area (Å²) < 4.78 is 0. The minimum absolute atomic E-state index is 0.353. The molecule has 0 aliphatic carbocycles. The first-order valence-electron chi connectivity index (χ1n) is 6.49. The molecule has 1 aromatic rings. The first-order valence-corrected chi connectivity index (χ1v) is 10.5. The Labute approximate surface area is 116 Å². The largest absolute Gasteiger partial charge is 0.185 e. The number of rotatable bonds is 1. The van der Waals surface area contributed by atoms with Crippen molar-refractivity contribution in [2.75, 3.05) is 0 Å². The summed E-state index contributed by atoms with van der Waals surface area (Å²) in [5, 5.41) is 1.76. The molecule has 0 amide bonds. The quantitative estimate of drug-likeness (QED) is 0.541.